The molecule has 1 saturated heterocycles. The van der Waals surface area contributed by atoms with Gasteiger partial charge in [0.2, 0.25) is 0 Å². The fraction of sp³-hybridized carbons (Fsp3) is 0.280. The van der Waals surface area contributed by atoms with E-state index in [2.05, 4.69) is 45.1 Å². The highest BCUT2D eigenvalue weighted by Gasteiger charge is 2.17. The number of nitrogens with zero attached hydrogens (tertiary/aromatic N) is 3. The van der Waals surface area contributed by atoms with Crippen molar-refractivity contribution in [2.75, 3.05) is 37.6 Å². The summed E-state index contributed by atoms with van der Waals surface area (Å²) in [5.41, 5.74) is 4.51. The molecule has 0 spiro atoms. The molecule has 6 heteroatoms. The Morgan fingerprint density at radius 2 is 1.90 bits per heavy atom. The minimum absolute atomic E-state index is 0.313. The lowest BCUT2D eigenvalue weighted by Crippen LogP contribution is -2.46. The van der Waals surface area contributed by atoms with Crippen LogP contribution in [-0.2, 0) is 6.42 Å². The molecule has 2 aromatic carbocycles. The molecule has 2 aromatic heterocycles. The van der Waals surface area contributed by atoms with Gasteiger partial charge in [-0.15, -0.1) is 0 Å². The molecule has 1 fully saturated rings. The molecule has 1 N–H and O–H groups in total. The molecule has 31 heavy (non-hydrogen) atoms. The molecule has 0 saturated carbocycles. The van der Waals surface area contributed by atoms with Gasteiger partial charge in [-0.25, -0.2) is 4.79 Å². The lowest BCUT2D eigenvalue weighted by atomic mass is 10.1. The molecule has 0 atom stereocenters. The molecular weight excluding hydrogens is 388 g/mol. The van der Waals surface area contributed by atoms with Crippen molar-refractivity contribution in [2.45, 2.75) is 12.8 Å². The average molecular weight is 412 g/mol. The van der Waals surface area contributed by atoms with E-state index >= 15 is 0 Å². The first-order chi connectivity index (χ1) is 15.2. The van der Waals surface area contributed by atoms with Crippen molar-refractivity contribution in [1.82, 2.24) is 9.88 Å². The number of hydrogen-bond donors (Lipinski definition) is 1. The second-order valence-corrected chi connectivity index (χ2v) is 8.10. The Kier molecular flexibility index (Phi) is 5.19. The van der Waals surface area contributed by atoms with Crippen LogP contribution in [0.25, 0.3) is 21.9 Å². The Bertz CT molecular complexity index is 1320. The zero-order valence-corrected chi connectivity index (χ0v) is 17.3. The standard InChI is InChI=1S/C25H24N4O2/c26-16-20-17-27-23-6-3-18(14-22(20)23)2-1-9-28-10-12-29(13-11-28)21-5-7-24-19(15-21)4-8-25(30)31-24/h3-8,14-15,17,27H,1-2,9-13H2. The third-order valence-corrected chi connectivity index (χ3v) is 6.15. The molecule has 6 nitrogen and oxygen atoms in total. The molecule has 156 valence electrons. The van der Waals surface area contributed by atoms with Crippen molar-refractivity contribution in [2.24, 2.45) is 0 Å². The quantitative estimate of drug-likeness (QED) is 0.503. The molecule has 0 radical (unpaired) electrons. The van der Waals surface area contributed by atoms with Crippen LogP contribution in [0.3, 0.4) is 0 Å². The van der Waals surface area contributed by atoms with Crippen LogP contribution in [0.1, 0.15) is 17.5 Å². The zero-order valence-electron chi connectivity index (χ0n) is 17.3. The Morgan fingerprint density at radius 1 is 1.03 bits per heavy atom. The van der Waals surface area contributed by atoms with Gasteiger partial charge in [0.05, 0.1) is 5.56 Å². The molecule has 1 aliphatic heterocycles. The van der Waals surface area contributed by atoms with Crippen molar-refractivity contribution in [3.05, 3.63) is 76.3 Å². The number of aromatic amines is 1. The summed E-state index contributed by atoms with van der Waals surface area (Å²) in [6.45, 7) is 5.13. The summed E-state index contributed by atoms with van der Waals surface area (Å²) in [5, 5.41) is 11.2. The van der Waals surface area contributed by atoms with Gasteiger partial charge in [0, 0.05) is 60.4 Å². The van der Waals surface area contributed by atoms with Gasteiger partial charge in [-0.3, -0.25) is 4.90 Å². The third kappa shape index (κ3) is 4.05. The first-order valence-corrected chi connectivity index (χ1v) is 10.7. The Hall–Kier alpha value is -3.56. The summed E-state index contributed by atoms with van der Waals surface area (Å²) in [5.74, 6) is 0. The molecule has 5 rings (SSSR count). The second kappa shape index (κ2) is 8.29. The summed E-state index contributed by atoms with van der Waals surface area (Å²) < 4.78 is 5.23. The topological polar surface area (TPSA) is 76.3 Å². The van der Waals surface area contributed by atoms with E-state index in [1.807, 2.05) is 18.2 Å². The summed E-state index contributed by atoms with van der Waals surface area (Å²) >= 11 is 0. The molecule has 0 unspecified atom stereocenters. The van der Waals surface area contributed by atoms with Crippen LogP contribution >= 0.6 is 0 Å². The van der Waals surface area contributed by atoms with Gasteiger partial charge in [0.15, 0.2) is 0 Å². The smallest absolute Gasteiger partial charge is 0.336 e. The van der Waals surface area contributed by atoms with Crippen molar-refractivity contribution in [1.29, 1.82) is 5.26 Å². The normalized spacial score (nSPS) is 14.9. The van der Waals surface area contributed by atoms with Crippen LogP contribution < -0.4 is 10.5 Å². The van der Waals surface area contributed by atoms with E-state index in [0.29, 0.717) is 11.1 Å². The van der Waals surface area contributed by atoms with E-state index in [1.54, 1.807) is 6.20 Å². The lowest BCUT2D eigenvalue weighted by Gasteiger charge is -2.36. The van der Waals surface area contributed by atoms with E-state index in [9.17, 15) is 10.1 Å². The van der Waals surface area contributed by atoms with Crippen LogP contribution in [0.4, 0.5) is 5.69 Å². The number of nitriles is 1. The first kappa shape index (κ1) is 19.4. The Balaban J connectivity index is 1.15. The van der Waals surface area contributed by atoms with E-state index in [1.165, 1.54) is 17.3 Å². The summed E-state index contributed by atoms with van der Waals surface area (Å²) in [6.07, 6.45) is 3.90. The van der Waals surface area contributed by atoms with Crippen LogP contribution in [0.5, 0.6) is 0 Å². The molecule has 0 bridgehead atoms. The second-order valence-electron chi connectivity index (χ2n) is 8.10. The number of rotatable bonds is 5. The number of H-pyrrole nitrogens is 1. The number of aromatic nitrogens is 1. The number of hydrogen-bond acceptors (Lipinski definition) is 5. The molecule has 0 aliphatic carbocycles. The lowest BCUT2D eigenvalue weighted by molar-refractivity contribution is 0.255. The van der Waals surface area contributed by atoms with Crippen molar-refractivity contribution < 1.29 is 4.42 Å². The molecule has 0 amide bonds. The SMILES string of the molecule is N#Cc1c[nH]c2ccc(CCCN3CCN(c4ccc5oc(=O)ccc5c4)CC3)cc12. The van der Waals surface area contributed by atoms with Gasteiger partial charge in [-0.1, -0.05) is 6.07 Å². The maximum atomic E-state index is 11.4. The molecule has 3 heterocycles. The van der Waals surface area contributed by atoms with E-state index in [-0.39, 0.29) is 5.63 Å². The molecular formula is C25H24N4O2. The fourth-order valence-electron chi connectivity index (χ4n) is 4.41. The summed E-state index contributed by atoms with van der Waals surface area (Å²) in [6, 6.07) is 17.9. The molecule has 1 aliphatic rings. The monoisotopic (exact) mass is 412 g/mol. The Morgan fingerprint density at radius 3 is 2.74 bits per heavy atom. The highest BCUT2D eigenvalue weighted by molar-refractivity contribution is 5.86. The minimum Gasteiger partial charge on any atom is -0.423 e. The predicted octanol–water partition coefficient (Wildman–Crippen LogP) is 3.90. The van der Waals surface area contributed by atoms with Crippen LogP contribution in [0.15, 0.2) is 63.9 Å². The average Bonchev–Trinajstić information content (AvgIpc) is 3.21. The maximum absolute atomic E-state index is 11.4. The van der Waals surface area contributed by atoms with Gasteiger partial charge < -0.3 is 14.3 Å². The number of nitrogens with one attached hydrogen (secondary N) is 1. The van der Waals surface area contributed by atoms with Gasteiger partial charge >= 0.3 is 5.63 Å². The predicted molar refractivity (Wildman–Crippen MR) is 122 cm³/mol. The van der Waals surface area contributed by atoms with Gasteiger partial charge in [-0.05, 0) is 61.3 Å². The highest BCUT2D eigenvalue weighted by Crippen LogP contribution is 2.23. The van der Waals surface area contributed by atoms with Gasteiger partial charge in [0.25, 0.3) is 0 Å². The zero-order chi connectivity index (χ0) is 21.2. The maximum Gasteiger partial charge on any atom is 0.336 e. The number of fused-ring (bicyclic) bond motifs is 2. The van der Waals surface area contributed by atoms with E-state index in [4.69, 9.17) is 4.42 Å². The van der Waals surface area contributed by atoms with Crippen molar-refractivity contribution in [3.63, 3.8) is 0 Å². The Labute approximate surface area is 180 Å². The van der Waals surface area contributed by atoms with Crippen LogP contribution in [-0.4, -0.2) is 42.6 Å². The van der Waals surface area contributed by atoms with E-state index < -0.39 is 0 Å². The first-order valence-electron chi connectivity index (χ1n) is 10.7. The minimum atomic E-state index is -0.313. The number of aryl methyl sites for hydroxylation is 1. The number of benzene rings is 2. The third-order valence-electron chi connectivity index (χ3n) is 6.15. The van der Waals surface area contributed by atoms with Crippen LogP contribution in [0.2, 0.25) is 0 Å². The highest BCUT2D eigenvalue weighted by atomic mass is 16.4. The fourth-order valence-corrected chi connectivity index (χ4v) is 4.41. The van der Waals surface area contributed by atoms with Crippen molar-refractivity contribution >= 4 is 27.6 Å². The van der Waals surface area contributed by atoms with Gasteiger partial charge in [0.1, 0.15) is 11.7 Å². The van der Waals surface area contributed by atoms with Crippen LogP contribution in [0, 0.1) is 11.3 Å². The van der Waals surface area contributed by atoms with E-state index in [0.717, 1.165) is 61.9 Å². The van der Waals surface area contributed by atoms with Crippen molar-refractivity contribution in [3.8, 4) is 6.07 Å². The number of piperazine rings is 1. The largest absolute Gasteiger partial charge is 0.423 e. The summed E-state index contributed by atoms with van der Waals surface area (Å²) in [7, 11) is 0. The number of anilines is 1. The van der Waals surface area contributed by atoms with Gasteiger partial charge in [-0.2, -0.15) is 5.26 Å². The molecule has 4 aromatic rings. The summed E-state index contributed by atoms with van der Waals surface area (Å²) in [4.78, 5) is 19.4.